The van der Waals surface area contributed by atoms with E-state index >= 15 is 0 Å². The highest BCUT2D eigenvalue weighted by molar-refractivity contribution is 9.10. The predicted molar refractivity (Wildman–Crippen MR) is 115 cm³/mol. The van der Waals surface area contributed by atoms with E-state index in [-0.39, 0.29) is 25.0 Å². The Labute approximate surface area is 183 Å². The number of carbonyl (C=O) groups is 2. The minimum atomic E-state index is -0.687. The Morgan fingerprint density at radius 3 is 2.46 bits per heavy atom. The molecule has 0 saturated carbocycles. The van der Waals surface area contributed by atoms with Gasteiger partial charge in [-0.15, -0.1) is 0 Å². The van der Waals surface area contributed by atoms with Gasteiger partial charge in [0.15, 0.2) is 6.61 Å². The van der Waals surface area contributed by atoms with E-state index in [0.29, 0.717) is 27.9 Å². The number of likely N-dealkylation sites (N-methyl/N-ethyl adjacent to an activating group) is 1. The smallest absolute Gasteiger partial charge is 0.261 e. The topological polar surface area (TPSA) is 58.6 Å². The summed E-state index contributed by atoms with van der Waals surface area (Å²) in [6.07, 6.45) is 0. The third kappa shape index (κ3) is 6.40. The number of hydrogen-bond donors (Lipinski definition) is 1. The van der Waals surface area contributed by atoms with Gasteiger partial charge in [0, 0.05) is 27.6 Å². The van der Waals surface area contributed by atoms with Crippen molar-refractivity contribution in [1.82, 2.24) is 10.2 Å². The molecule has 150 valence electrons. The molecule has 0 saturated heterocycles. The van der Waals surface area contributed by atoms with Gasteiger partial charge in [-0.1, -0.05) is 45.2 Å². The van der Waals surface area contributed by atoms with Crippen LogP contribution in [-0.4, -0.2) is 35.9 Å². The molecular formula is C20H21BrCl2N2O3. The Morgan fingerprint density at radius 2 is 1.86 bits per heavy atom. The molecular weight excluding hydrogens is 467 g/mol. The number of amides is 2. The normalized spacial score (nSPS) is 11.6. The van der Waals surface area contributed by atoms with Crippen LogP contribution in [0.4, 0.5) is 0 Å². The lowest BCUT2D eigenvalue weighted by Gasteiger charge is -2.29. The summed E-state index contributed by atoms with van der Waals surface area (Å²) in [6.45, 7) is 3.94. The largest absolute Gasteiger partial charge is 0.484 e. The highest BCUT2D eigenvalue weighted by Gasteiger charge is 2.26. The van der Waals surface area contributed by atoms with Crippen LogP contribution in [0, 0.1) is 0 Å². The quantitative estimate of drug-likeness (QED) is 0.587. The van der Waals surface area contributed by atoms with Crippen LogP contribution in [0.2, 0.25) is 10.0 Å². The van der Waals surface area contributed by atoms with Crippen molar-refractivity contribution < 1.29 is 14.3 Å². The van der Waals surface area contributed by atoms with Crippen LogP contribution in [0.25, 0.3) is 0 Å². The molecule has 0 bridgehead atoms. The first kappa shape index (κ1) is 22.5. The molecule has 2 aromatic rings. The number of benzene rings is 2. The Hall–Kier alpha value is -1.76. The summed E-state index contributed by atoms with van der Waals surface area (Å²) in [7, 11) is 0. The standard InChI is InChI=1S/C20H21BrCl2N2O3/c1-3-24-20(27)13(2)25(11-14-4-7-16(22)10-18(14)23)19(26)12-28-17-8-5-15(21)6-9-17/h4-10,13H,3,11-12H2,1-2H3,(H,24,27). The van der Waals surface area contributed by atoms with E-state index in [2.05, 4.69) is 21.2 Å². The second-order valence-corrected chi connectivity index (χ2v) is 7.83. The monoisotopic (exact) mass is 486 g/mol. The van der Waals surface area contributed by atoms with E-state index in [0.717, 1.165) is 4.47 Å². The van der Waals surface area contributed by atoms with Crippen molar-refractivity contribution >= 4 is 50.9 Å². The molecule has 2 aromatic carbocycles. The highest BCUT2D eigenvalue weighted by atomic mass is 79.9. The summed E-state index contributed by atoms with van der Waals surface area (Å²) in [5, 5.41) is 3.67. The predicted octanol–water partition coefficient (Wildman–Crippen LogP) is 4.69. The van der Waals surface area contributed by atoms with Gasteiger partial charge < -0.3 is 15.0 Å². The van der Waals surface area contributed by atoms with Gasteiger partial charge in [-0.25, -0.2) is 0 Å². The molecule has 2 rings (SSSR count). The molecule has 0 heterocycles. The first-order valence-corrected chi connectivity index (χ1v) is 10.3. The number of ether oxygens (including phenoxy) is 1. The molecule has 8 heteroatoms. The molecule has 28 heavy (non-hydrogen) atoms. The van der Waals surface area contributed by atoms with Gasteiger partial charge in [-0.3, -0.25) is 9.59 Å². The van der Waals surface area contributed by atoms with E-state index < -0.39 is 6.04 Å². The zero-order valence-electron chi connectivity index (χ0n) is 15.5. The number of nitrogens with zero attached hydrogens (tertiary/aromatic N) is 1. The maximum Gasteiger partial charge on any atom is 0.261 e. The van der Waals surface area contributed by atoms with E-state index in [1.165, 1.54) is 4.90 Å². The third-order valence-electron chi connectivity index (χ3n) is 4.05. The summed E-state index contributed by atoms with van der Waals surface area (Å²) in [6, 6.07) is 11.5. The Bertz CT molecular complexity index is 831. The van der Waals surface area contributed by atoms with Crippen molar-refractivity contribution in [1.29, 1.82) is 0 Å². The second-order valence-electron chi connectivity index (χ2n) is 6.07. The zero-order chi connectivity index (χ0) is 20.7. The van der Waals surface area contributed by atoms with Gasteiger partial charge in [-0.2, -0.15) is 0 Å². The molecule has 0 radical (unpaired) electrons. The number of nitrogens with one attached hydrogen (secondary N) is 1. The molecule has 0 spiro atoms. The average molecular weight is 488 g/mol. The number of rotatable bonds is 8. The lowest BCUT2D eigenvalue weighted by Crippen LogP contribution is -2.49. The molecule has 0 aliphatic carbocycles. The van der Waals surface area contributed by atoms with Crippen molar-refractivity contribution in [3.05, 3.63) is 62.5 Å². The van der Waals surface area contributed by atoms with Crippen LogP contribution >= 0.6 is 39.1 Å². The Balaban J connectivity index is 2.17. The summed E-state index contributed by atoms with van der Waals surface area (Å²) < 4.78 is 6.49. The summed E-state index contributed by atoms with van der Waals surface area (Å²) in [5.74, 6) is -0.0102. The summed E-state index contributed by atoms with van der Waals surface area (Å²) in [5.41, 5.74) is 0.694. The summed E-state index contributed by atoms with van der Waals surface area (Å²) in [4.78, 5) is 26.6. The average Bonchev–Trinajstić information content (AvgIpc) is 2.66. The van der Waals surface area contributed by atoms with Crippen molar-refractivity contribution in [3.8, 4) is 5.75 Å². The Kier molecular flexibility index (Phi) is 8.60. The molecule has 1 N–H and O–H groups in total. The molecule has 2 amide bonds. The van der Waals surface area contributed by atoms with Gasteiger partial charge in [0.2, 0.25) is 5.91 Å². The maximum absolute atomic E-state index is 12.9. The van der Waals surface area contributed by atoms with Crippen LogP contribution in [0.5, 0.6) is 5.75 Å². The fourth-order valence-corrected chi connectivity index (χ4v) is 3.23. The molecule has 1 atom stereocenters. The molecule has 0 aromatic heterocycles. The minimum absolute atomic E-state index is 0.164. The van der Waals surface area contributed by atoms with Gasteiger partial charge in [0.1, 0.15) is 11.8 Å². The summed E-state index contributed by atoms with van der Waals surface area (Å²) >= 11 is 15.5. The van der Waals surface area contributed by atoms with Gasteiger partial charge >= 0.3 is 0 Å². The van der Waals surface area contributed by atoms with Crippen LogP contribution in [-0.2, 0) is 16.1 Å². The number of halogens is 3. The van der Waals surface area contributed by atoms with Crippen LogP contribution in [0.3, 0.4) is 0 Å². The lowest BCUT2D eigenvalue weighted by atomic mass is 10.1. The van der Waals surface area contributed by atoms with E-state index in [4.69, 9.17) is 27.9 Å². The number of hydrogen-bond acceptors (Lipinski definition) is 3. The molecule has 0 aliphatic rings. The lowest BCUT2D eigenvalue weighted by molar-refractivity contribution is -0.142. The molecule has 0 fully saturated rings. The molecule has 1 unspecified atom stereocenters. The van der Waals surface area contributed by atoms with Crippen molar-refractivity contribution in [3.63, 3.8) is 0 Å². The first-order chi connectivity index (χ1) is 13.3. The van der Waals surface area contributed by atoms with E-state index in [1.807, 2.05) is 19.1 Å². The molecule has 0 aliphatic heterocycles. The van der Waals surface area contributed by atoms with Crippen molar-refractivity contribution in [2.24, 2.45) is 0 Å². The first-order valence-electron chi connectivity index (χ1n) is 8.71. The van der Waals surface area contributed by atoms with Gasteiger partial charge in [-0.05, 0) is 55.8 Å². The highest BCUT2D eigenvalue weighted by Crippen LogP contribution is 2.23. The minimum Gasteiger partial charge on any atom is -0.484 e. The van der Waals surface area contributed by atoms with Crippen LogP contribution < -0.4 is 10.1 Å². The van der Waals surface area contributed by atoms with Crippen LogP contribution in [0.15, 0.2) is 46.9 Å². The maximum atomic E-state index is 12.9. The van der Waals surface area contributed by atoms with E-state index in [1.54, 1.807) is 37.3 Å². The Morgan fingerprint density at radius 1 is 1.18 bits per heavy atom. The zero-order valence-corrected chi connectivity index (χ0v) is 18.6. The number of carbonyl (C=O) groups excluding carboxylic acids is 2. The fourth-order valence-electron chi connectivity index (χ4n) is 2.50. The van der Waals surface area contributed by atoms with Crippen molar-refractivity contribution in [2.75, 3.05) is 13.2 Å². The molecule has 5 nitrogen and oxygen atoms in total. The fraction of sp³-hybridized carbons (Fsp3) is 0.300. The van der Waals surface area contributed by atoms with Crippen LogP contribution in [0.1, 0.15) is 19.4 Å². The second kappa shape index (κ2) is 10.7. The third-order valence-corrected chi connectivity index (χ3v) is 5.17. The SMILES string of the molecule is CCNC(=O)C(C)N(Cc1ccc(Cl)cc1Cl)C(=O)COc1ccc(Br)cc1. The van der Waals surface area contributed by atoms with Crippen molar-refractivity contribution in [2.45, 2.75) is 26.4 Å². The van der Waals surface area contributed by atoms with Gasteiger partial charge in [0.05, 0.1) is 0 Å². The van der Waals surface area contributed by atoms with Gasteiger partial charge in [0.25, 0.3) is 5.91 Å². The van der Waals surface area contributed by atoms with E-state index in [9.17, 15) is 9.59 Å².